The molecule has 0 amide bonds. The van der Waals surface area contributed by atoms with Crippen molar-refractivity contribution in [3.63, 3.8) is 0 Å². The molecule has 0 aliphatic carbocycles. The van der Waals surface area contributed by atoms with Crippen LogP contribution in [-0.4, -0.2) is 53.8 Å². The first-order valence-corrected chi connectivity index (χ1v) is 8.04. The third-order valence-corrected chi connectivity index (χ3v) is 4.09. The molecule has 1 aromatic rings. The lowest BCUT2D eigenvalue weighted by atomic mass is 9.93. The van der Waals surface area contributed by atoms with Gasteiger partial charge in [0.25, 0.3) is 0 Å². The van der Waals surface area contributed by atoms with E-state index in [4.69, 9.17) is 4.74 Å². The second-order valence-corrected chi connectivity index (χ2v) is 5.91. The minimum Gasteiger partial charge on any atom is -0.382 e. The van der Waals surface area contributed by atoms with Gasteiger partial charge in [0.15, 0.2) is 0 Å². The predicted molar refractivity (Wildman–Crippen MR) is 85.5 cm³/mol. The highest BCUT2D eigenvalue weighted by molar-refractivity contribution is 5.36. The molecule has 0 spiro atoms. The third kappa shape index (κ3) is 5.25. The Bertz CT molecular complexity index is 426. The van der Waals surface area contributed by atoms with Gasteiger partial charge in [0.2, 0.25) is 0 Å². The minimum absolute atomic E-state index is 0.502. The highest BCUT2D eigenvalue weighted by Crippen LogP contribution is 2.20. The molecule has 118 valence electrons. The first-order chi connectivity index (χ1) is 10.2. The molecule has 1 aliphatic rings. The quantitative estimate of drug-likeness (QED) is 0.782. The molecule has 0 saturated carbocycles. The summed E-state index contributed by atoms with van der Waals surface area (Å²) in [6.07, 6.45) is 3.92. The van der Waals surface area contributed by atoms with Crippen molar-refractivity contribution < 1.29 is 4.74 Å². The van der Waals surface area contributed by atoms with Crippen molar-refractivity contribution in [2.24, 2.45) is 5.92 Å². The van der Waals surface area contributed by atoms with E-state index >= 15 is 0 Å². The summed E-state index contributed by atoms with van der Waals surface area (Å²) in [4.78, 5) is 11.0. The summed E-state index contributed by atoms with van der Waals surface area (Å²) in [5, 5.41) is 3.57. The van der Waals surface area contributed by atoms with Crippen LogP contribution in [0.2, 0.25) is 0 Å². The van der Waals surface area contributed by atoms with Gasteiger partial charge >= 0.3 is 0 Å². The molecular weight excluding hydrogens is 264 g/mol. The van der Waals surface area contributed by atoms with E-state index in [0.717, 1.165) is 50.8 Å². The third-order valence-electron chi connectivity index (χ3n) is 4.09. The number of hydrogen-bond donors (Lipinski definition) is 1. The van der Waals surface area contributed by atoms with Crippen LogP contribution in [-0.2, 0) is 4.74 Å². The summed E-state index contributed by atoms with van der Waals surface area (Å²) in [6.45, 7) is 11.5. The van der Waals surface area contributed by atoms with Gasteiger partial charge < -0.3 is 15.0 Å². The van der Waals surface area contributed by atoms with E-state index in [0.29, 0.717) is 12.0 Å². The van der Waals surface area contributed by atoms with Crippen molar-refractivity contribution in [1.82, 2.24) is 14.9 Å². The molecule has 1 saturated heterocycles. The van der Waals surface area contributed by atoms with Gasteiger partial charge in [-0.25, -0.2) is 9.97 Å². The number of piperidine rings is 1. The number of hydrogen-bond acceptors (Lipinski definition) is 5. The van der Waals surface area contributed by atoms with E-state index in [9.17, 15) is 0 Å². The Labute approximate surface area is 128 Å². The van der Waals surface area contributed by atoms with Gasteiger partial charge in [-0.15, -0.1) is 0 Å². The zero-order chi connectivity index (χ0) is 15.1. The number of nitrogens with one attached hydrogen (secondary N) is 1. The van der Waals surface area contributed by atoms with E-state index in [1.165, 1.54) is 6.42 Å². The Morgan fingerprint density at radius 1 is 1.43 bits per heavy atom. The van der Waals surface area contributed by atoms with Crippen LogP contribution in [0, 0.1) is 12.8 Å². The second-order valence-electron chi connectivity index (χ2n) is 5.91. The summed E-state index contributed by atoms with van der Waals surface area (Å²) in [6, 6.07) is 2.52. The maximum absolute atomic E-state index is 5.41. The smallest absolute Gasteiger partial charge is 0.129 e. The molecule has 5 nitrogen and oxygen atoms in total. The van der Waals surface area contributed by atoms with Crippen molar-refractivity contribution in [2.75, 3.05) is 38.2 Å². The average molecular weight is 292 g/mol. The van der Waals surface area contributed by atoms with E-state index in [2.05, 4.69) is 27.1 Å². The van der Waals surface area contributed by atoms with Crippen molar-refractivity contribution in [3.05, 3.63) is 18.1 Å². The zero-order valence-corrected chi connectivity index (χ0v) is 13.5. The van der Waals surface area contributed by atoms with E-state index < -0.39 is 0 Å². The van der Waals surface area contributed by atoms with Crippen molar-refractivity contribution in [3.8, 4) is 0 Å². The van der Waals surface area contributed by atoms with Gasteiger partial charge in [-0.3, -0.25) is 0 Å². The molecule has 0 bridgehead atoms. The Kier molecular flexibility index (Phi) is 6.39. The number of likely N-dealkylation sites (tertiary alicyclic amines) is 1. The van der Waals surface area contributed by atoms with Crippen LogP contribution in [0.25, 0.3) is 0 Å². The first kappa shape index (κ1) is 16.2. The molecule has 1 aromatic heterocycles. The van der Waals surface area contributed by atoms with Crippen molar-refractivity contribution >= 4 is 5.82 Å². The molecule has 2 heterocycles. The number of aromatic nitrogens is 2. The van der Waals surface area contributed by atoms with Gasteiger partial charge in [0, 0.05) is 50.7 Å². The number of anilines is 1. The highest BCUT2D eigenvalue weighted by atomic mass is 16.5. The van der Waals surface area contributed by atoms with E-state index in [1.807, 2.05) is 19.9 Å². The fourth-order valence-electron chi connectivity index (χ4n) is 2.91. The molecule has 2 rings (SSSR count). The summed E-state index contributed by atoms with van der Waals surface area (Å²) < 4.78 is 5.41. The van der Waals surface area contributed by atoms with Gasteiger partial charge in [-0.1, -0.05) is 6.92 Å². The lowest BCUT2D eigenvalue weighted by Crippen LogP contribution is -2.45. The number of aryl methyl sites for hydroxylation is 1. The van der Waals surface area contributed by atoms with Crippen LogP contribution < -0.4 is 5.32 Å². The van der Waals surface area contributed by atoms with Crippen LogP contribution in [0.5, 0.6) is 0 Å². The molecule has 1 aliphatic heterocycles. The topological polar surface area (TPSA) is 50.3 Å². The molecule has 1 N–H and O–H groups in total. The molecule has 21 heavy (non-hydrogen) atoms. The summed E-state index contributed by atoms with van der Waals surface area (Å²) in [5.41, 5.74) is 1.01. The lowest BCUT2D eigenvalue weighted by molar-refractivity contribution is 0.117. The van der Waals surface area contributed by atoms with Crippen molar-refractivity contribution in [1.29, 1.82) is 0 Å². The SMILES string of the molecule is CCOCCCN1CCC(Nc2cc(C)ncn2)C(C)C1. The van der Waals surface area contributed by atoms with E-state index in [-0.39, 0.29) is 0 Å². The summed E-state index contributed by atoms with van der Waals surface area (Å²) in [5.74, 6) is 1.57. The molecule has 2 atom stereocenters. The molecule has 0 radical (unpaired) electrons. The lowest BCUT2D eigenvalue weighted by Gasteiger charge is -2.37. The maximum Gasteiger partial charge on any atom is 0.129 e. The summed E-state index contributed by atoms with van der Waals surface area (Å²) >= 11 is 0. The van der Waals surface area contributed by atoms with Crippen LogP contribution in [0.3, 0.4) is 0 Å². The molecule has 5 heteroatoms. The standard InChI is InChI=1S/C16H28N4O/c1-4-21-9-5-7-20-8-6-15(13(2)11-20)19-16-10-14(3)17-12-18-16/h10,12-13,15H,4-9,11H2,1-3H3,(H,17,18,19). The monoisotopic (exact) mass is 292 g/mol. The van der Waals surface area contributed by atoms with Crippen LogP contribution in [0.15, 0.2) is 12.4 Å². The van der Waals surface area contributed by atoms with Crippen molar-refractivity contribution in [2.45, 2.75) is 39.7 Å². The maximum atomic E-state index is 5.41. The molecular formula is C16H28N4O. The zero-order valence-electron chi connectivity index (χ0n) is 13.5. The second kappa shape index (κ2) is 8.29. The Balaban J connectivity index is 1.76. The molecule has 2 unspecified atom stereocenters. The van der Waals surface area contributed by atoms with Crippen LogP contribution in [0.4, 0.5) is 5.82 Å². The van der Waals surface area contributed by atoms with Gasteiger partial charge in [0.05, 0.1) is 0 Å². The number of ether oxygens (including phenoxy) is 1. The Morgan fingerprint density at radius 3 is 3.00 bits per heavy atom. The molecule has 0 aromatic carbocycles. The Morgan fingerprint density at radius 2 is 2.29 bits per heavy atom. The van der Waals surface area contributed by atoms with E-state index in [1.54, 1.807) is 6.33 Å². The fraction of sp³-hybridized carbons (Fsp3) is 0.750. The first-order valence-electron chi connectivity index (χ1n) is 8.04. The summed E-state index contributed by atoms with van der Waals surface area (Å²) in [7, 11) is 0. The average Bonchev–Trinajstić information content (AvgIpc) is 2.46. The fourth-order valence-corrected chi connectivity index (χ4v) is 2.91. The normalized spacial score (nSPS) is 23.2. The minimum atomic E-state index is 0.502. The van der Waals surface area contributed by atoms with Gasteiger partial charge in [0.1, 0.15) is 12.1 Å². The highest BCUT2D eigenvalue weighted by Gasteiger charge is 2.25. The molecule has 1 fully saturated rings. The van der Waals surface area contributed by atoms with Gasteiger partial charge in [-0.05, 0) is 32.6 Å². The number of nitrogens with zero attached hydrogens (tertiary/aromatic N) is 3. The van der Waals surface area contributed by atoms with Gasteiger partial charge in [-0.2, -0.15) is 0 Å². The van der Waals surface area contributed by atoms with Crippen LogP contribution >= 0.6 is 0 Å². The Hall–Kier alpha value is -1.20. The number of rotatable bonds is 7. The van der Waals surface area contributed by atoms with Crippen LogP contribution in [0.1, 0.15) is 32.4 Å². The predicted octanol–water partition coefficient (Wildman–Crippen LogP) is 2.33. The largest absolute Gasteiger partial charge is 0.382 e.